The summed E-state index contributed by atoms with van der Waals surface area (Å²) in [5, 5.41) is 10.9. The fourth-order valence-corrected chi connectivity index (χ4v) is 6.24. The minimum atomic E-state index is -4.13. The van der Waals surface area contributed by atoms with Gasteiger partial charge in [-0.1, -0.05) is 69.5 Å². The van der Waals surface area contributed by atoms with Crippen LogP contribution in [0.15, 0.2) is 93.8 Å². The van der Waals surface area contributed by atoms with E-state index in [2.05, 4.69) is 15.9 Å². The molecule has 1 N–H and O–H groups in total. The summed E-state index contributed by atoms with van der Waals surface area (Å²) in [5.74, 6) is -1.17. The van der Waals surface area contributed by atoms with E-state index in [1.165, 1.54) is 28.6 Å². The summed E-state index contributed by atoms with van der Waals surface area (Å²) >= 11 is 15.4. The minimum absolute atomic E-state index is 0.0000690. The summed E-state index contributed by atoms with van der Waals surface area (Å²) in [4.78, 5) is 12.2. The SMILES string of the molecule is O=C(O)C1=CC[C@@H](c2ccc(Cl)cc2)N(S(=O)(=O)c2ccc(Cl)cc2)[C@H]1c1ccc(Br)cc1. The van der Waals surface area contributed by atoms with Crippen molar-refractivity contribution in [1.29, 1.82) is 0 Å². The van der Waals surface area contributed by atoms with Crippen LogP contribution in [0.2, 0.25) is 10.0 Å². The van der Waals surface area contributed by atoms with Crippen LogP contribution in [0.5, 0.6) is 0 Å². The van der Waals surface area contributed by atoms with Gasteiger partial charge in [0.2, 0.25) is 10.0 Å². The van der Waals surface area contributed by atoms with Crippen molar-refractivity contribution in [1.82, 2.24) is 4.31 Å². The molecular formula is C24H18BrCl2NO4S. The first-order valence-electron chi connectivity index (χ1n) is 9.92. The maximum atomic E-state index is 14.0. The molecule has 1 aliphatic rings. The van der Waals surface area contributed by atoms with E-state index in [1.54, 1.807) is 54.6 Å². The molecule has 0 radical (unpaired) electrons. The van der Waals surface area contributed by atoms with Gasteiger partial charge in [0.25, 0.3) is 0 Å². The molecule has 3 aromatic carbocycles. The van der Waals surface area contributed by atoms with Crippen LogP contribution in [0.25, 0.3) is 0 Å². The van der Waals surface area contributed by atoms with E-state index < -0.39 is 28.1 Å². The van der Waals surface area contributed by atoms with Crippen molar-refractivity contribution in [3.63, 3.8) is 0 Å². The number of hydrogen-bond donors (Lipinski definition) is 1. The lowest BCUT2D eigenvalue weighted by Gasteiger charge is -2.40. The second kappa shape index (κ2) is 9.60. The standard InChI is InChI=1S/C24H18BrCl2NO4S/c25-17-5-1-16(2-6-17)23-21(24(29)30)13-14-22(15-3-7-18(26)8-4-15)28(23)33(31,32)20-11-9-19(27)10-12-20/h1-13,22-23H,14H2,(H,29,30)/t22-,23-/m0/s1. The van der Waals surface area contributed by atoms with Gasteiger partial charge in [-0.2, -0.15) is 4.31 Å². The zero-order chi connectivity index (χ0) is 23.8. The number of sulfonamides is 1. The van der Waals surface area contributed by atoms with E-state index >= 15 is 0 Å². The van der Waals surface area contributed by atoms with Gasteiger partial charge in [-0.3, -0.25) is 0 Å². The molecule has 0 bridgehead atoms. The molecule has 9 heteroatoms. The van der Waals surface area contributed by atoms with Gasteiger partial charge in [-0.15, -0.1) is 0 Å². The third-order valence-corrected chi connectivity index (χ3v) is 8.41. The molecule has 0 aromatic heterocycles. The molecule has 0 saturated heterocycles. The number of rotatable bonds is 5. The maximum Gasteiger partial charge on any atom is 0.333 e. The number of hydrogen-bond acceptors (Lipinski definition) is 3. The van der Waals surface area contributed by atoms with Crippen molar-refractivity contribution < 1.29 is 18.3 Å². The fraction of sp³-hybridized carbons (Fsp3) is 0.125. The van der Waals surface area contributed by atoms with Crippen LogP contribution in [0.1, 0.15) is 29.6 Å². The van der Waals surface area contributed by atoms with Crippen LogP contribution < -0.4 is 0 Å². The largest absolute Gasteiger partial charge is 0.478 e. The molecule has 5 nitrogen and oxygen atoms in total. The topological polar surface area (TPSA) is 74.7 Å². The summed E-state index contributed by atoms with van der Waals surface area (Å²) in [7, 11) is -4.13. The molecular weight excluding hydrogens is 549 g/mol. The number of carboxylic acid groups (broad SMARTS) is 1. The quantitative estimate of drug-likeness (QED) is 0.375. The molecule has 0 aliphatic carbocycles. The fourth-order valence-electron chi connectivity index (χ4n) is 3.95. The highest BCUT2D eigenvalue weighted by Gasteiger charge is 2.44. The number of halogens is 3. The molecule has 0 unspecified atom stereocenters. The molecule has 170 valence electrons. The Hall–Kier alpha value is -2.16. The summed E-state index contributed by atoms with van der Waals surface area (Å²) in [5.41, 5.74) is 1.25. The molecule has 1 aliphatic heterocycles. The van der Waals surface area contributed by atoms with Crippen LogP contribution in [-0.4, -0.2) is 23.8 Å². The number of benzene rings is 3. The van der Waals surface area contributed by atoms with Gasteiger partial charge in [0.05, 0.1) is 22.6 Å². The van der Waals surface area contributed by atoms with Crippen LogP contribution in [0, 0.1) is 0 Å². The molecule has 3 aromatic rings. The Morgan fingerprint density at radius 1 is 0.879 bits per heavy atom. The van der Waals surface area contributed by atoms with Crippen LogP contribution in [0.3, 0.4) is 0 Å². The Labute approximate surface area is 210 Å². The minimum Gasteiger partial charge on any atom is -0.478 e. The summed E-state index contributed by atoms with van der Waals surface area (Å²) in [6.07, 6.45) is 1.80. The van der Waals surface area contributed by atoms with Crippen molar-refractivity contribution in [3.05, 3.63) is 110 Å². The van der Waals surface area contributed by atoms with E-state index in [9.17, 15) is 18.3 Å². The normalized spacial score (nSPS) is 19.2. The van der Waals surface area contributed by atoms with Crippen LogP contribution in [0.4, 0.5) is 0 Å². The van der Waals surface area contributed by atoms with E-state index in [1.807, 2.05) is 0 Å². The molecule has 4 rings (SSSR count). The third-order valence-electron chi connectivity index (χ3n) is 5.49. The smallest absolute Gasteiger partial charge is 0.333 e. The predicted octanol–water partition coefficient (Wildman–Crippen LogP) is 6.64. The van der Waals surface area contributed by atoms with Gasteiger partial charge >= 0.3 is 5.97 Å². The van der Waals surface area contributed by atoms with E-state index in [0.29, 0.717) is 21.2 Å². The van der Waals surface area contributed by atoms with Gasteiger partial charge in [0, 0.05) is 14.5 Å². The Kier molecular flexibility index (Phi) is 6.98. The predicted molar refractivity (Wildman–Crippen MR) is 132 cm³/mol. The molecule has 0 spiro atoms. The van der Waals surface area contributed by atoms with Crippen molar-refractivity contribution in [3.8, 4) is 0 Å². The Morgan fingerprint density at radius 2 is 1.39 bits per heavy atom. The highest BCUT2D eigenvalue weighted by atomic mass is 79.9. The Bertz CT molecular complexity index is 1310. The average Bonchev–Trinajstić information content (AvgIpc) is 2.79. The number of aliphatic carboxylic acids is 1. The lowest BCUT2D eigenvalue weighted by molar-refractivity contribution is -0.133. The molecule has 0 amide bonds. The van der Waals surface area contributed by atoms with Gasteiger partial charge in [0.15, 0.2) is 0 Å². The zero-order valence-electron chi connectivity index (χ0n) is 17.0. The average molecular weight is 567 g/mol. The lowest BCUT2D eigenvalue weighted by Crippen LogP contribution is -2.42. The molecule has 1 heterocycles. The van der Waals surface area contributed by atoms with Crippen molar-refractivity contribution in [2.75, 3.05) is 0 Å². The Morgan fingerprint density at radius 3 is 1.94 bits per heavy atom. The first-order chi connectivity index (χ1) is 15.7. The van der Waals surface area contributed by atoms with Gasteiger partial charge < -0.3 is 5.11 Å². The molecule has 33 heavy (non-hydrogen) atoms. The summed E-state index contributed by atoms with van der Waals surface area (Å²) in [6, 6.07) is 18.0. The number of carboxylic acids is 1. The van der Waals surface area contributed by atoms with Gasteiger partial charge in [0.1, 0.15) is 0 Å². The summed E-state index contributed by atoms with van der Waals surface area (Å²) in [6.45, 7) is 0. The highest BCUT2D eigenvalue weighted by molar-refractivity contribution is 9.10. The van der Waals surface area contributed by atoms with Gasteiger partial charge in [-0.05, 0) is 66.1 Å². The first kappa shape index (κ1) is 24.0. The second-order valence-electron chi connectivity index (χ2n) is 7.51. The van der Waals surface area contributed by atoms with Crippen LogP contribution >= 0.6 is 39.1 Å². The van der Waals surface area contributed by atoms with E-state index in [-0.39, 0.29) is 16.9 Å². The van der Waals surface area contributed by atoms with Crippen molar-refractivity contribution in [2.45, 2.75) is 23.4 Å². The molecule has 0 fully saturated rings. The number of nitrogens with zero attached hydrogens (tertiary/aromatic N) is 1. The third kappa shape index (κ3) is 4.88. The molecule has 2 atom stereocenters. The second-order valence-corrected chi connectivity index (χ2v) is 11.1. The van der Waals surface area contributed by atoms with E-state index in [0.717, 1.165) is 4.47 Å². The van der Waals surface area contributed by atoms with Crippen LogP contribution in [-0.2, 0) is 14.8 Å². The zero-order valence-corrected chi connectivity index (χ0v) is 20.9. The lowest BCUT2D eigenvalue weighted by atomic mass is 9.89. The first-order valence-corrected chi connectivity index (χ1v) is 12.9. The van der Waals surface area contributed by atoms with Gasteiger partial charge in [-0.25, -0.2) is 13.2 Å². The monoisotopic (exact) mass is 565 g/mol. The van der Waals surface area contributed by atoms with Crippen molar-refractivity contribution >= 4 is 55.1 Å². The number of carbonyl (C=O) groups is 1. The summed E-state index contributed by atoms with van der Waals surface area (Å²) < 4.78 is 30.1. The van der Waals surface area contributed by atoms with Crippen molar-refractivity contribution in [2.24, 2.45) is 0 Å². The molecule has 0 saturated carbocycles. The highest BCUT2D eigenvalue weighted by Crippen LogP contribution is 2.46. The Balaban J connectivity index is 1.96. The van der Waals surface area contributed by atoms with E-state index in [4.69, 9.17) is 23.2 Å². The maximum absolute atomic E-state index is 14.0.